The number of aromatic nitrogens is 1. The molecule has 4 heteroatoms. The maximum absolute atomic E-state index is 9.46. The number of benzene rings is 1. The predicted octanol–water partition coefficient (Wildman–Crippen LogP) is 4.55. The van der Waals surface area contributed by atoms with Gasteiger partial charge in [-0.1, -0.05) is 35.9 Å². The highest BCUT2D eigenvalue weighted by Crippen LogP contribution is 2.37. The van der Waals surface area contributed by atoms with Gasteiger partial charge in [0.05, 0.1) is 5.69 Å². The smallest absolute Gasteiger partial charge is 0.142 e. The van der Waals surface area contributed by atoms with Gasteiger partial charge in [-0.3, -0.25) is 0 Å². The standard InChI is InChI=1S/C18H15N3S/c1-11-5-7-13(8-6-11)17-12(2)16(15-4-3-9-22-15)14(10-19)18(20)21-17/h3-9H,1-2H3,(H2,20,21). The van der Waals surface area contributed by atoms with E-state index in [1.165, 1.54) is 5.56 Å². The van der Waals surface area contributed by atoms with E-state index in [-0.39, 0.29) is 5.82 Å². The first-order valence-corrected chi connectivity index (χ1v) is 7.81. The van der Waals surface area contributed by atoms with Gasteiger partial charge in [0.2, 0.25) is 0 Å². The fourth-order valence-corrected chi connectivity index (χ4v) is 3.36. The van der Waals surface area contributed by atoms with Gasteiger partial charge in [-0.25, -0.2) is 4.98 Å². The van der Waals surface area contributed by atoms with Crippen molar-refractivity contribution in [3.05, 3.63) is 58.5 Å². The van der Waals surface area contributed by atoms with Crippen molar-refractivity contribution in [2.24, 2.45) is 0 Å². The number of pyridine rings is 1. The summed E-state index contributed by atoms with van der Waals surface area (Å²) in [4.78, 5) is 5.51. The van der Waals surface area contributed by atoms with Crippen LogP contribution in [0.4, 0.5) is 5.82 Å². The maximum atomic E-state index is 9.46. The average Bonchev–Trinajstić information content (AvgIpc) is 3.03. The molecule has 0 atom stereocenters. The Morgan fingerprint density at radius 2 is 1.86 bits per heavy atom. The minimum atomic E-state index is 0.284. The number of hydrogen-bond acceptors (Lipinski definition) is 4. The molecule has 108 valence electrons. The zero-order valence-electron chi connectivity index (χ0n) is 12.4. The van der Waals surface area contributed by atoms with E-state index < -0.39 is 0 Å². The lowest BCUT2D eigenvalue weighted by atomic mass is 9.96. The first-order chi connectivity index (χ1) is 10.6. The van der Waals surface area contributed by atoms with E-state index >= 15 is 0 Å². The Morgan fingerprint density at radius 3 is 2.45 bits per heavy atom. The molecular formula is C18H15N3S. The van der Waals surface area contributed by atoms with Gasteiger partial charge in [-0.2, -0.15) is 5.26 Å². The van der Waals surface area contributed by atoms with Crippen LogP contribution in [-0.4, -0.2) is 4.98 Å². The van der Waals surface area contributed by atoms with Crippen LogP contribution >= 0.6 is 11.3 Å². The number of nitrogens with zero attached hydrogens (tertiary/aromatic N) is 2. The number of anilines is 1. The molecule has 3 nitrogen and oxygen atoms in total. The first kappa shape index (κ1) is 14.3. The molecule has 3 rings (SSSR count). The number of nitrogens with two attached hydrogens (primary N) is 1. The molecule has 0 unspecified atom stereocenters. The molecular weight excluding hydrogens is 290 g/mol. The van der Waals surface area contributed by atoms with Crippen molar-refractivity contribution in [2.45, 2.75) is 13.8 Å². The quantitative estimate of drug-likeness (QED) is 0.755. The lowest BCUT2D eigenvalue weighted by Crippen LogP contribution is -2.02. The van der Waals surface area contributed by atoms with Crippen molar-refractivity contribution < 1.29 is 0 Å². The van der Waals surface area contributed by atoms with Crippen molar-refractivity contribution in [2.75, 3.05) is 5.73 Å². The second-order valence-electron chi connectivity index (χ2n) is 5.18. The number of aryl methyl sites for hydroxylation is 1. The molecule has 0 spiro atoms. The van der Waals surface area contributed by atoms with Gasteiger partial charge in [0.15, 0.2) is 0 Å². The van der Waals surface area contributed by atoms with Gasteiger partial charge in [0.1, 0.15) is 17.5 Å². The number of nitrogen functional groups attached to an aromatic ring is 1. The zero-order chi connectivity index (χ0) is 15.7. The van der Waals surface area contributed by atoms with Crippen molar-refractivity contribution in [3.63, 3.8) is 0 Å². The lowest BCUT2D eigenvalue weighted by molar-refractivity contribution is 1.26. The van der Waals surface area contributed by atoms with E-state index in [1.54, 1.807) is 11.3 Å². The Bertz CT molecular complexity index is 857. The zero-order valence-corrected chi connectivity index (χ0v) is 13.2. The van der Waals surface area contributed by atoms with E-state index in [1.807, 2.05) is 43.5 Å². The molecule has 0 aliphatic heterocycles. The van der Waals surface area contributed by atoms with Crippen molar-refractivity contribution in [3.8, 4) is 27.8 Å². The van der Waals surface area contributed by atoms with E-state index in [4.69, 9.17) is 5.73 Å². The summed E-state index contributed by atoms with van der Waals surface area (Å²) in [7, 11) is 0. The summed E-state index contributed by atoms with van der Waals surface area (Å²) in [5.74, 6) is 0.284. The highest BCUT2D eigenvalue weighted by molar-refractivity contribution is 7.13. The minimum absolute atomic E-state index is 0.284. The molecule has 2 N–H and O–H groups in total. The Morgan fingerprint density at radius 1 is 1.14 bits per heavy atom. The summed E-state index contributed by atoms with van der Waals surface area (Å²) in [5, 5.41) is 11.5. The predicted molar refractivity (Wildman–Crippen MR) is 91.6 cm³/mol. The SMILES string of the molecule is Cc1ccc(-c2nc(N)c(C#N)c(-c3cccs3)c2C)cc1. The summed E-state index contributed by atoms with van der Waals surface area (Å²) in [6.45, 7) is 4.05. The number of hydrogen-bond donors (Lipinski definition) is 1. The van der Waals surface area contributed by atoms with E-state index in [0.29, 0.717) is 5.56 Å². The number of nitriles is 1. The van der Waals surface area contributed by atoms with Crippen LogP contribution < -0.4 is 5.73 Å². The fourth-order valence-electron chi connectivity index (χ4n) is 2.53. The summed E-state index contributed by atoms with van der Waals surface area (Å²) < 4.78 is 0. The van der Waals surface area contributed by atoms with Crippen LogP contribution in [0.25, 0.3) is 21.7 Å². The Hall–Kier alpha value is -2.64. The van der Waals surface area contributed by atoms with Crippen molar-refractivity contribution in [1.29, 1.82) is 5.26 Å². The lowest BCUT2D eigenvalue weighted by Gasteiger charge is -2.14. The van der Waals surface area contributed by atoms with Crippen molar-refractivity contribution in [1.82, 2.24) is 4.98 Å². The van der Waals surface area contributed by atoms with Crippen LogP contribution in [0.2, 0.25) is 0 Å². The molecule has 3 aromatic rings. The second-order valence-corrected chi connectivity index (χ2v) is 6.12. The van der Waals surface area contributed by atoms with Gasteiger partial charge in [-0.05, 0) is 30.9 Å². The monoisotopic (exact) mass is 305 g/mol. The van der Waals surface area contributed by atoms with E-state index in [2.05, 4.69) is 23.2 Å². The summed E-state index contributed by atoms with van der Waals surface area (Å²) >= 11 is 1.60. The van der Waals surface area contributed by atoms with Crippen LogP contribution in [0, 0.1) is 25.2 Å². The van der Waals surface area contributed by atoms with E-state index in [9.17, 15) is 5.26 Å². The molecule has 0 bridgehead atoms. The molecule has 0 aliphatic carbocycles. The average molecular weight is 305 g/mol. The van der Waals surface area contributed by atoms with Crippen LogP contribution in [-0.2, 0) is 0 Å². The second kappa shape index (κ2) is 5.63. The van der Waals surface area contributed by atoms with Gasteiger partial charge in [-0.15, -0.1) is 11.3 Å². The number of rotatable bonds is 2. The molecule has 0 radical (unpaired) electrons. The van der Waals surface area contributed by atoms with Crippen LogP contribution in [0.15, 0.2) is 41.8 Å². The van der Waals surface area contributed by atoms with Crippen molar-refractivity contribution >= 4 is 17.2 Å². The third kappa shape index (κ3) is 2.36. The summed E-state index contributed by atoms with van der Waals surface area (Å²) in [5.41, 5.74) is 11.4. The van der Waals surface area contributed by atoms with Gasteiger partial charge >= 0.3 is 0 Å². The third-order valence-electron chi connectivity index (χ3n) is 3.67. The van der Waals surface area contributed by atoms with Crippen LogP contribution in [0.1, 0.15) is 16.7 Å². The third-order valence-corrected chi connectivity index (χ3v) is 4.56. The van der Waals surface area contributed by atoms with Crippen LogP contribution in [0.3, 0.4) is 0 Å². The Kier molecular flexibility index (Phi) is 3.66. The van der Waals surface area contributed by atoms with Gasteiger partial charge in [0, 0.05) is 16.0 Å². The number of thiophene rings is 1. The normalized spacial score (nSPS) is 10.4. The maximum Gasteiger partial charge on any atom is 0.142 e. The fraction of sp³-hybridized carbons (Fsp3) is 0.111. The topological polar surface area (TPSA) is 62.7 Å². The molecule has 1 aromatic carbocycles. The van der Waals surface area contributed by atoms with Gasteiger partial charge in [0.25, 0.3) is 0 Å². The Balaban J connectivity index is 2.30. The van der Waals surface area contributed by atoms with Gasteiger partial charge < -0.3 is 5.73 Å². The molecule has 0 saturated heterocycles. The molecule has 0 aliphatic rings. The summed E-state index contributed by atoms with van der Waals surface area (Å²) in [6, 6.07) is 14.4. The molecule has 2 heterocycles. The summed E-state index contributed by atoms with van der Waals surface area (Å²) in [6.07, 6.45) is 0. The molecule has 0 amide bonds. The highest BCUT2D eigenvalue weighted by atomic mass is 32.1. The molecule has 2 aromatic heterocycles. The molecule has 22 heavy (non-hydrogen) atoms. The first-order valence-electron chi connectivity index (χ1n) is 6.93. The molecule has 0 saturated carbocycles. The van der Waals surface area contributed by atoms with Crippen LogP contribution in [0.5, 0.6) is 0 Å². The minimum Gasteiger partial charge on any atom is -0.383 e. The Labute approximate surface area is 133 Å². The highest BCUT2D eigenvalue weighted by Gasteiger charge is 2.18. The van der Waals surface area contributed by atoms with E-state index in [0.717, 1.165) is 27.3 Å². The molecule has 0 fully saturated rings. The largest absolute Gasteiger partial charge is 0.383 e.